The molecule has 1 amide bonds. The van der Waals surface area contributed by atoms with Crippen molar-refractivity contribution in [2.75, 3.05) is 17.9 Å². The van der Waals surface area contributed by atoms with Crippen LogP contribution in [0.15, 0.2) is 46.2 Å². The lowest BCUT2D eigenvalue weighted by molar-refractivity contribution is -0.113. The van der Waals surface area contributed by atoms with E-state index in [-0.39, 0.29) is 24.5 Å². The third kappa shape index (κ3) is 3.88. The van der Waals surface area contributed by atoms with E-state index in [2.05, 4.69) is 27.0 Å². The van der Waals surface area contributed by atoms with Gasteiger partial charge >= 0.3 is 0 Å². The fourth-order valence-corrected chi connectivity index (χ4v) is 6.52. The quantitative estimate of drug-likeness (QED) is 0.490. The van der Waals surface area contributed by atoms with Crippen LogP contribution in [0.25, 0.3) is 11.6 Å². The van der Waals surface area contributed by atoms with Crippen LogP contribution >= 0.6 is 11.8 Å². The molecule has 3 aliphatic rings. The van der Waals surface area contributed by atoms with E-state index in [1.54, 1.807) is 18.4 Å². The topological polar surface area (TPSA) is 91.4 Å². The van der Waals surface area contributed by atoms with Crippen LogP contribution < -0.4 is 14.8 Å². The van der Waals surface area contributed by atoms with Crippen molar-refractivity contribution in [1.29, 1.82) is 0 Å². The molecule has 3 aromatic rings. The summed E-state index contributed by atoms with van der Waals surface area (Å²) in [5, 5.41) is 12.6. The van der Waals surface area contributed by atoms with Crippen LogP contribution in [-0.2, 0) is 4.79 Å². The third-order valence-corrected chi connectivity index (χ3v) is 8.16. The van der Waals surface area contributed by atoms with Crippen molar-refractivity contribution in [3.63, 3.8) is 0 Å². The van der Waals surface area contributed by atoms with Crippen molar-refractivity contribution in [3.05, 3.63) is 36.6 Å². The smallest absolute Gasteiger partial charge is 0.234 e. The van der Waals surface area contributed by atoms with E-state index in [0.29, 0.717) is 28.9 Å². The molecule has 4 atom stereocenters. The molecule has 0 spiro atoms. The van der Waals surface area contributed by atoms with Crippen molar-refractivity contribution in [3.8, 4) is 23.1 Å². The highest BCUT2D eigenvalue weighted by molar-refractivity contribution is 7.99. The van der Waals surface area contributed by atoms with E-state index in [1.165, 1.54) is 37.4 Å². The largest absolute Gasteiger partial charge is 0.461 e. The molecule has 1 aromatic carbocycles. The van der Waals surface area contributed by atoms with Gasteiger partial charge in [0.15, 0.2) is 22.4 Å². The molecule has 0 unspecified atom stereocenters. The molecule has 2 bridgehead atoms. The summed E-state index contributed by atoms with van der Waals surface area (Å²) < 4.78 is 18.6. The second kappa shape index (κ2) is 8.44. The maximum absolute atomic E-state index is 12.7. The summed E-state index contributed by atoms with van der Waals surface area (Å²) in [6.45, 7) is 2.47. The van der Waals surface area contributed by atoms with Crippen molar-refractivity contribution >= 4 is 23.4 Å². The third-order valence-electron chi connectivity index (χ3n) is 7.21. The molecular formula is C24H26N4O4S. The van der Waals surface area contributed by atoms with E-state index in [4.69, 9.17) is 13.9 Å². The summed E-state index contributed by atoms with van der Waals surface area (Å²) in [4.78, 5) is 12.7. The Morgan fingerprint density at radius 2 is 2.12 bits per heavy atom. The summed E-state index contributed by atoms with van der Waals surface area (Å²) in [5.41, 5.74) is 0.679. The Morgan fingerprint density at radius 3 is 2.91 bits per heavy atom. The summed E-state index contributed by atoms with van der Waals surface area (Å²) in [6, 6.07) is 9.41. The monoisotopic (exact) mass is 466 g/mol. The molecule has 6 rings (SSSR count). The molecule has 9 heteroatoms. The van der Waals surface area contributed by atoms with Crippen molar-refractivity contribution in [2.45, 2.75) is 43.8 Å². The second-order valence-corrected chi connectivity index (χ2v) is 10.1. The van der Waals surface area contributed by atoms with E-state index < -0.39 is 0 Å². The fourth-order valence-electron chi connectivity index (χ4n) is 5.69. The van der Waals surface area contributed by atoms with Crippen LogP contribution in [0.3, 0.4) is 0 Å². The van der Waals surface area contributed by atoms with Gasteiger partial charge in [-0.05, 0) is 68.2 Å². The van der Waals surface area contributed by atoms with Crippen LogP contribution in [0.2, 0.25) is 0 Å². The van der Waals surface area contributed by atoms with Crippen molar-refractivity contribution < 1.29 is 18.7 Å². The van der Waals surface area contributed by atoms with Gasteiger partial charge < -0.3 is 19.2 Å². The number of furan rings is 1. The lowest BCUT2D eigenvalue weighted by Gasteiger charge is -2.30. The minimum absolute atomic E-state index is 0.111. The fraction of sp³-hybridized carbons (Fsp3) is 0.458. The van der Waals surface area contributed by atoms with Gasteiger partial charge in [0.05, 0.1) is 12.0 Å². The van der Waals surface area contributed by atoms with E-state index in [0.717, 1.165) is 22.8 Å². The summed E-state index contributed by atoms with van der Waals surface area (Å²) in [7, 11) is 0. The molecule has 0 saturated heterocycles. The first-order valence-corrected chi connectivity index (χ1v) is 12.5. The lowest BCUT2D eigenvalue weighted by atomic mass is 9.84. The number of carbonyl (C=O) groups is 1. The second-order valence-electron chi connectivity index (χ2n) is 9.14. The number of anilines is 1. The van der Waals surface area contributed by atoms with Gasteiger partial charge in [0.2, 0.25) is 18.5 Å². The minimum Gasteiger partial charge on any atom is -0.461 e. The Hall–Kier alpha value is -2.94. The number of nitrogens with one attached hydrogen (secondary N) is 1. The standard InChI is InChI=1S/C24H26N4O4S/c1-14(18-10-15-4-5-16(18)9-15)28-23(20-3-2-8-30-20)26-27-24(28)33-12-22(29)25-17-6-7-19-21(11-17)32-13-31-19/h2-3,6-8,11,14-16,18H,4-5,9-10,12-13H2,1H3,(H,25,29)/t14-,15-,16-,18-/m0/s1. The van der Waals surface area contributed by atoms with Crippen LogP contribution in [0.1, 0.15) is 38.6 Å². The Balaban J connectivity index is 1.19. The first-order valence-electron chi connectivity index (χ1n) is 11.5. The molecule has 172 valence electrons. The molecule has 2 fully saturated rings. The van der Waals surface area contributed by atoms with Crippen LogP contribution in [-0.4, -0.2) is 33.2 Å². The highest BCUT2D eigenvalue weighted by Gasteiger charge is 2.43. The molecule has 3 heterocycles. The Kier molecular flexibility index (Phi) is 5.28. The van der Waals surface area contributed by atoms with E-state index >= 15 is 0 Å². The molecule has 8 nitrogen and oxygen atoms in total. The number of benzene rings is 1. The number of carbonyl (C=O) groups excluding carboxylic acids is 1. The summed E-state index contributed by atoms with van der Waals surface area (Å²) >= 11 is 1.40. The number of hydrogen-bond acceptors (Lipinski definition) is 7. The van der Waals surface area contributed by atoms with Crippen LogP contribution in [0, 0.1) is 17.8 Å². The average molecular weight is 467 g/mol. The Labute approximate surface area is 196 Å². The summed E-state index contributed by atoms with van der Waals surface area (Å²) in [5.74, 6) is 5.12. The highest BCUT2D eigenvalue weighted by atomic mass is 32.2. The lowest BCUT2D eigenvalue weighted by Crippen LogP contribution is -2.23. The van der Waals surface area contributed by atoms with Gasteiger partial charge in [-0.15, -0.1) is 10.2 Å². The number of thioether (sulfide) groups is 1. The van der Waals surface area contributed by atoms with Crippen molar-refractivity contribution in [1.82, 2.24) is 14.8 Å². The normalized spacial score (nSPS) is 23.7. The first kappa shape index (κ1) is 20.7. The molecule has 33 heavy (non-hydrogen) atoms. The van der Waals surface area contributed by atoms with Gasteiger partial charge in [-0.3, -0.25) is 9.36 Å². The minimum atomic E-state index is -0.111. The van der Waals surface area contributed by atoms with Gasteiger partial charge in [-0.25, -0.2) is 0 Å². The maximum atomic E-state index is 12.7. The number of ether oxygens (including phenoxy) is 2. The van der Waals surface area contributed by atoms with E-state index in [1.807, 2.05) is 18.2 Å². The molecule has 1 N–H and O–H groups in total. The Bertz CT molecular complexity index is 1160. The zero-order valence-corrected chi connectivity index (χ0v) is 19.2. The molecule has 0 radical (unpaired) electrons. The molecule has 1 aliphatic heterocycles. The zero-order valence-electron chi connectivity index (χ0n) is 18.4. The number of amides is 1. The summed E-state index contributed by atoms with van der Waals surface area (Å²) in [6.07, 6.45) is 6.94. The van der Waals surface area contributed by atoms with E-state index in [9.17, 15) is 4.79 Å². The van der Waals surface area contributed by atoms with Gasteiger partial charge in [0, 0.05) is 17.8 Å². The zero-order chi connectivity index (χ0) is 22.4. The van der Waals surface area contributed by atoms with Crippen LogP contribution in [0.4, 0.5) is 5.69 Å². The van der Waals surface area contributed by atoms with Gasteiger partial charge in [-0.1, -0.05) is 18.2 Å². The number of rotatable bonds is 7. The highest BCUT2D eigenvalue weighted by Crippen LogP contribution is 2.53. The number of fused-ring (bicyclic) bond motifs is 3. The van der Waals surface area contributed by atoms with Gasteiger partial charge in [0.1, 0.15) is 0 Å². The maximum Gasteiger partial charge on any atom is 0.234 e. The predicted octanol–water partition coefficient (Wildman–Crippen LogP) is 4.99. The molecule has 2 aliphatic carbocycles. The Morgan fingerprint density at radius 1 is 1.21 bits per heavy atom. The number of nitrogens with zero attached hydrogens (tertiary/aromatic N) is 3. The molecular weight excluding hydrogens is 440 g/mol. The number of aromatic nitrogens is 3. The van der Waals surface area contributed by atoms with Crippen molar-refractivity contribution in [2.24, 2.45) is 17.8 Å². The number of hydrogen-bond donors (Lipinski definition) is 1. The molecule has 2 aromatic heterocycles. The predicted molar refractivity (Wildman–Crippen MR) is 123 cm³/mol. The van der Waals surface area contributed by atoms with Crippen LogP contribution in [0.5, 0.6) is 11.5 Å². The average Bonchev–Trinajstić information content (AvgIpc) is 3.64. The first-order chi connectivity index (χ1) is 16.2. The SMILES string of the molecule is C[C@@H]([C@@H]1C[C@H]2CC[C@H]1C2)n1c(SCC(=O)Nc2ccc3c(c2)OCO3)nnc1-c1ccco1. The van der Waals surface area contributed by atoms with Gasteiger partial charge in [0.25, 0.3) is 0 Å². The van der Waals surface area contributed by atoms with Gasteiger partial charge in [-0.2, -0.15) is 0 Å². The molecule has 2 saturated carbocycles.